The molecule has 1 heterocycles. The van der Waals surface area contributed by atoms with Crippen LogP contribution in [-0.2, 0) is 10.0 Å². The van der Waals surface area contributed by atoms with Crippen LogP contribution in [-0.4, -0.2) is 55.0 Å². The predicted molar refractivity (Wildman–Crippen MR) is 130 cm³/mol. The van der Waals surface area contributed by atoms with Crippen molar-refractivity contribution in [3.05, 3.63) is 64.1 Å². The molecule has 4 N–H and O–H groups in total. The molecule has 188 valence electrons. The van der Waals surface area contributed by atoms with Gasteiger partial charge in [-0.2, -0.15) is 3.97 Å². The van der Waals surface area contributed by atoms with E-state index in [4.69, 9.17) is 14.9 Å². The minimum absolute atomic E-state index is 0.00101. The fourth-order valence-electron chi connectivity index (χ4n) is 4.48. The molecule has 11 heteroatoms. The average Bonchev–Trinajstić information content (AvgIpc) is 3.17. The van der Waals surface area contributed by atoms with Gasteiger partial charge in [-0.1, -0.05) is 12.1 Å². The summed E-state index contributed by atoms with van der Waals surface area (Å²) < 4.78 is 34.9. The lowest BCUT2D eigenvalue weighted by Gasteiger charge is -2.30. The molecule has 4 rings (SSSR count). The summed E-state index contributed by atoms with van der Waals surface area (Å²) in [5, 5.41) is 13.7. The Kier molecular flexibility index (Phi) is 7.29. The Balaban J connectivity index is 1.25. The second kappa shape index (κ2) is 10.2. The summed E-state index contributed by atoms with van der Waals surface area (Å²) in [7, 11) is -3.84. The number of aliphatic hydroxyl groups is 1. The van der Waals surface area contributed by atoms with Gasteiger partial charge in [-0.15, -0.1) is 0 Å². The van der Waals surface area contributed by atoms with E-state index in [1.807, 2.05) is 12.1 Å². The number of carbonyl (C=O) groups is 1. The van der Waals surface area contributed by atoms with Crippen LogP contribution >= 0.6 is 0 Å². The molecule has 35 heavy (non-hydrogen) atoms. The lowest BCUT2D eigenvalue weighted by Crippen LogP contribution is -2.39. The van der Waals surface area contributed by atoms with Crippen molar-refractivity contribution in [1.82, 2.24) is 9.29 Å². The Morgan fingerprint density at radius 2 is 1.89 bits per heavy atom. The molecule has 1 saturated carbocycles. The highest BCUT2D eigenvalue weighted by molar-refractivity contribution is 7.89. The highest BCUT2D eigenvalue weighted by Gasteiger charge is 2.23. The van der Waals surface area contributed by atoms with Gasteiger partial charge in [0.2, 0.25) is 15.9 Å². The summed E-state index contributed by atoms with van der Waals surface area (Å²) >= 11 is 0. The molecule has 0 bridgehead atoms. The van der Waals surface area contributed by atoms with Crippen molar-refractivity contribution in [3.63, 3.8) is 0 Å². The number of nitrogens with one attached hydrogen (secondary N) is 1. The van der Waals surface area contributed by atoms with Gasteiger partial charge in [0.1, 0.15) is 24.0 Å². The van der Waals surface area contributed by atoms with Crippen molar-refractivity contribution in [2.45, 2.75) is 43.7 Å². The van der Waals surface area contributed by atoms with E-state index in [1.165, 1.54) is 17.7 Å². The number of hydrogen-bond acceptors (Lipinski definition) is 8. The molecule has 1 fully saturated rings. The fourth-order valence-corrected chi connectivity index (χ4v) is 5.29. The molecule has 3 aromatic rings. The number of benzene rings is 2. The Bertz CT molecular complexity index is 1350. The van der Waals surface area contributed by atoms with Crippen LogP contribution in [0.3, 0.4) is 0 Å². The SMILES string of the molecule is CS(=O)(=O)n1c(=O)oc2ccc(OC[C@@H](O)CNC3CCC(c4ccc(C(N)=O)cc4)CC3)cc21. The van der Waals surface area contributed by atoms with Crippen LogP contribution in [0.5, 0.6) is 5.75 Å². The van der Waals surface area contributed by atoms with Crippen LogP contribution in [0.15, 0.2) is 51.7 Å². The second-order valence-corrected chi connectivity index (χ2v) is 10.8. The van der Waals surface area contributed by atoms with E-state index >= 15 is 0 Å². The average molecular weight is 504 g/mol. The number of oxazole rings is 1. The van der Waals surface area contributed by atoms with Gasteiger partial charge in [-0.25, -0.2) is 13.2 Å². The van der Waals surface area contributed by atoms with Crippen molar-refractivity contribution in [3.8, 4) is 5.75 Å². The first kappa shape index (κ1) is 25.0. The number of hydrogen-bond donors (Lipinski definition) is 3. The maximum Gasteiger partial charge on any atom is 0.434 e. The summed E-state index contributed by atoms with van der Waals surface area (Å²) in [5.41, 5.74) is 7.24. The van der Waals surface area contributed by atoms with Gasteiger partial charge in [0.25, 0.3) is 0 Å². The molecular formula is C24H29N3O7S. The number of ether oxygens (including phenoxy) is 1. The largest absolute Gasteiger partial charge is 0.491 e. The normalized spacial score (nSPS) is 19.5. The maximum absolute atomic E-state index is 11.9. The van der Waals surface area contributed by atoms with Crippen LogP contribution in [0, 0.1) is 0 Å². The zero-order valence-electron chi connectivity index (χ0n) is 19.3. The Morgan fingerprint density at radius 1 is 1.20 bits per heavy atom. The number of nitrogens with zero attached hydrogens (tertiary/aromatic N) is 1. The predicted octanol–water partition coefficient (Wildman–Crippen LogP) is 1.56. The third kappa shape index (κ3) is 5.92. The number of nitrogens with two attached hydrogens (primary N) is 1. The minimum atomic E-state index is -3.84. The number of primary amides is 1. The smallest absolute Gasteiger partial charge is 0.434 e. The molecule has 1 amide bonds. The third-order valence-corrected chi connectivity index (χ3v) is 7.33. The Labute approximate surface area is 202 Å². The summed E-state index contributed by atoms with van der Waals surface area (Å²) in [6, 6.07) is 12.2. The number of amides is 1. The third-order valence-electron chi connectivity index (χ3n) is 6.32. The van der Waals surface area contributed by atoms with Gasteiger partial charge in [-0.3, -0.25) is 4.79 Å². The molecule has 0 radical (unpaired) electrons. The number of rotatable bonds is 9. The molecule has 1 aliphatic carbocycles. The summed E-state index contributed by atoms with van der Waals surface area (Å²) in [6.45, 7) is 0.353. The molecule has 1 aliphatic rings. The van der Waals surface area contributed by atoms with Gasteiger partial charge in [-0.05, 0) is 61.4 Å². The molecule has 1 atom stereocenters. The molecule has 0 aliphatic heterocycles. The molecule has 0 unspecified atom stereocenters. The first-order valence-corrected chi connectivity index (χ1v) is 13.3. The van der Waals surface area contributed by atoms with Crippen molar-refractivity contribution in [2.75, 3.05) is 19.4 Å². The van der Waals surface area contributed by atoms with Gasteiger partial charge in [0.15, 0.2) is 5.58 Å². The monoisotopic (exact) mass is 503 g/mol. The van der Waals surface area contributed by atoms with Crippen molar-refractivity contribution in [2.24, 2.45) is 5.73 Å². The second-order valence-electron chi connectivity index (χ2n) is 8.93. The van der Waals surface area contributed by atoms with Crippen LogP contribution in [0.1, 0.15) is 47.5 Å². The zero-order valence-corrected chi connectivity index (χ0v) is 20.2. The van der Waals surface area contributed by atoms with E-state index in [0.717, 1.165) is 31.9 Å². The standard InChI is InChI=1S/C24H29N3O7S/c1-35(31,32)27-21-12-20(10-11-22(21)34-24(27)30)33-14-19(28)13-26-18-8-6-16(7-9-18)15-2-4-17(5-3-15)23(25)29/h2-5,10-12,16,18-19,26,28H,6-9,13-14H2,1H3,(H2,25,29)/t16?,18?,19-/m0/s1. The van der Waals surface area contributed by atoms with Crippen LogP contribution in [0.2, 0.25) is 0 Å². The van der Waals surface area contributed by atoms with E-state index in [1.54, 1.807) is 18.2 Å². The van der Waals surface area contributed by atoms with Crippen LogP contribution in [0.4, 0.5) is 0 Å². The summed E-state index contributed by atoms with van der Waals surface area (Å²) in [5.74, 6) is -0.660. The molecule has 1 aromatic heterocycles. The molecule has 0 spiro atoms. The zero-order chi connectivity index (χ0) is 25.2. The number of aliphatic hydroxyl groups excluding tert-OH is 1. The first-order chi connectivity index (χ1) is 16.6. The van der Waals surface area contributed by atoms with E-state index in [2.05, 4.69) is 5.32 Å². The lowest BCUT2D eigenvalue weighted by molar-refractivity contribution is 0.0999. The topological polar surface area (TPSA) is 154 Å². The summed E-state index contributed by atoms with van der Waals surface area (Å²) in [4.78, 5) is 23.1. The van der Waals surface area contributed by atoms with E-state index in [9.17, 15) is 23.1 Å². The quantitative estimate of drug-likeness (QED) is 0.397. The lowest BCUT2D eigenvalue weighted by atomic mass is 9.81. The number of aromatic nitrogens is 1. The van der Waals surface area contributed by atoms with Gasteiger partial charge in [0, 0.05) is 24.2 Å². The van der Waals surface area contributed by atoms with Gasteiger partial charge in [0.05, 0.1) is 6.26 Å². The van der Waals surface area contributed by atoms with E-state index in [0.29, 0.717) is 27.7 Å². The Morgan fingerprint density at radius 3 is 2.51 bits per heavy atom. The highest BCUT2D eigenvalue weighted by atomic mass is 32.2. The van der Waals surface area contributed by atoms with Crippen LogP contribution < -0.4 is 21.5 Å². The van der Waals surface area contributed by atoms with Crippen molar-refractivity contribution in [1.29, 1.82) is 0 Å². The number of carbonyl (C=O) groups excluding carboxylic acids is 1. The van der Waals surface area contributed by atoms with Gasteiger partial charge >= 0.3 is 5.76 Å². The van der Waals surface area contributed by atoms with E-state index < -0.39 is 27.8 Å². The molecular weight excluding hydrogens is 474 g/mol. The first-order valence-electron chi connectivity index (χ1n) is 11.4. The Hall–Kier alpha value is -3.15. The van der Waals surface area contributed by atoms with Crippen molar-refractivity contribution >= 4 is 27.0 Å². The van der Waals surface area contributed by atoms with Crippen molar-refractivity contribution < 1.29 is 27.5 Å². The number of fused-ring (bicyclic) bond motifs is 1. The molecule has 10 nitrogen and oxygen atoms in total. The maximum atomic E-state index is 11.9. The van der Waals surface area contributed by atoms with Crippen LogP contribution in [0.25, 0.3) is 11.1 Å². The van der Waals surface area contributed by atoms with E-state index in [-0.39, 0.29) is 23.7 Å². The molecule has 2 aromatic carbocycles. The minimum Gasteiger partial charge on any atom is -0.491 e. The van der Waals surface area contributed by atoms with Gasteiger partial charge < -0.3 is 25.3 Å². The fraction of sp³-hybridized carbons (Fsp3) is 0.417. The highest BCUT2D eigenvalue weighted by Crippen LogP contribution is 2.33. The summed E-state index contributed by atoms with van der Waals surface area (Å²) in [6.07, 6.45) is 4.09. The molecule has 0 saturated heterocycles.